The number of hydrogen-bond acceptors (Lipinski definition) is 4. The van der Waals surface area contributed by atoms with Gasteiger partial charge in [-0.3, -0.25) is 10.2 Å². The van der Waals surface area contributed by atoms with Gasteiger partial charge in [0.25, 0.3) is 0 Å². The summed E-state index contributed by atoms with van der Waals surface area (Å²) in [4.78, 5) is 14.5. The van der Waals surface area contributed by atoms with Crippen molar-refractivity contribution in [3.05, 3.63) is 34.5 Å². The van der Waals surface area contributed by atoms with Gasteiger partial charge >= 0.3 is 0 Å². The van der Waals surface area contributed by atoms with E-state index in [1.165, 1.54) is 0 Å². The van der Waals surface area contributed by atoms with Crippen LogP contribution in [-0.2, 0) is 11.2 Å². The lowest BCUT2D eigenvalue weighted by Gasteiger charge is -2.32. The van der Waals surface area contributed by atoms with Crippen LogP contribution in [0.25, 0.3) is 11.0 Å². The van der Waals surface area contributed by atoms with Crippen LogP contribution >= 0.6 is 11.6 Å². The minimum absolute atomic E-state index is 0.0241. The third-order valence-electron chi connectivity index (χ3n) is 4.07. The first-order valence-corrected chi connectivity index (χ1v) is 7.80. The number of nitrogens with one attached hydrogen (secondary N) is 1. The van der Waals surface area contributed by atoms with Crippen LogP contribution in [0.1, 0.15) is 11.1 Å². The number of benzene rings is 1. The predicted molar refractivity (Wildman–Crippen MR) is 86.9 cm³/mol. The van der Waals surface area contributed by atoms with E-state index < -0.39 is 0 Å². The number of halogens is 1. The molecule has 2 heterocycles. The number of aryl methyl sites for hydroxylation is 1. The number of furan rings is 1. The molecule has 0 spiro atoms. The Morgan fingerprint density at radius 2 is 2.05 bits per heavy atom. The zero-order chi connectivity index (χ0) is 15.7. The Hall–Kier alpha value is -1.56. The zero-order valence-electron chi connectivity index (χ0n) is 12.9. The molecular formula is C16H20ClN3O2. The van der Waals surface area contributed by atoms with Crippen molar-refractivity contribution in [1.29, 1.82) is 0 Å². The molecule has 0 saturated carbocycles. The molecule has 1 amide bonds. The van der Waals surface area contributed by atoms with E-state index >= 15 is 0 Å². The maximum Gasteiger partial charge on any atom is 0.238 e. The smallest absolute Gasteiger partial charge is 0.238 e. The number of hydrazine groups is 1. The maximum atomic E-state index is 12.2. The van der Waals surface area contributed by atoms with Gasteiger partial charge in [0.2, 0.25) is 5.91 Å². The molecule has 0 unspecified atom stereocenters. The van der Waals surface area contributed by atoms with Gasteiger partial charge in [0, 0.05) is 42.2 Å². The van der Waals surface area contributed by atoms with E-state index in [4.69, 9.17) is 16.0 Å². The Kier molecular flexibility index (Phi) is 4.38. The van der Waals surface area contributed by atoms with Crippen molar-refractivity contribution in [1.82, 2.24) is 15.3 Å². The number of fused-ring (bicyclic) bond motifs is 1. The molecule has 1 aromatic carbocycles. The monoisotopic (exact) mass is 321 g/mol. The number of hydrogen-bond donors (Lipinski definition) is 1. The highest BCUT2D eigenvalue weighted by molar-refractivity contribution is 6.32. The van der Waals surface area contributed by atoms with Gasteiger partial charge < -0.3 is 9.32 Å². The fraction of sp³-hybridized carbons (Fsp3) is 0.438. The van der Waals surface area contributed by atoms with Gasteiger partial charge in [-0.2, -0.15) is 0 Å². The summed E-state index contributed by atoms with van der Waals surface area (Å²) < 4.78 is 5.53. The Morgan fingerprint density at radius 1 is 1.32 bits per heavy atom. The molecule has 1 aliphatic rings. The van der Waals surface area contributed by atoms with Crippen LogP contribution in [0.4, 0.5) is 0 Å². The van der Waals surface area contributed by atoms with Gasteiger partial charge in [-0.25, -0.2) is 5.01 Å². The van der Waals surface area contributed by atoms with E-state index in [1.54, 1.807) is 6.26 Å². The quantitative estimate of drug-likeness (QED) is 0.941. The summed E-state index contributed by atoms with van der Waals surface area (Å²) in [5, 5.41) is 3.57. The summed E-state index contributed by atoms with van der Waals surface area (Å²) in [5.74, 6) is -0.0241. The molecule has 0 bridgehead atoms. The number of amides is 1. The topological polar surface area (TPSA) is 48.7 Å². The van der Waals surface area contributed by atoms with Gasteiger partial charge in [0.05, 0.1) is 12.7 Å². The largest absolute Gasteiger partial charge is 0.464 e. The van der Waals surface area contributed by atoms with E-state index in [-0.39, 0.29) is 5.91 Å². The summed E-state index contributed by atoms with van der Waals surface area (Å²) in [6, 6.07) is 3.77. The van der Waals surface area contributed by atoms with Gasteiger partial charge in [0.15, 0.2) is 0 Å². The Labute approximate surface area is 134 Å². The van der Waals surface area contributed by atoms with Gasteiger partial charge in [-0.15, -0.1) is 0 Å². The maximum absolute atomic E-state index is 12.2. The molecule has 1 aliphatic heterocycles. The molecule has 3 rings (SSSR count). The van der Waals surface area contributed by atoms with Crippen LogP contribution in [-0.4, -0.2) is 49.0 Å². The van der Waals surface area contributed by atoms with Crippen LogP contribution in [0.5, 0.6) is 0 Å². The minimum atomic E-state index is -0.0241. The molecule has 118 valence electrons. The minimum Gasteiger partial charge on any atom is -0.464 e. The predicted octanol–water partition coefficient (Wildman–Crippen LogP) is 2.22. The molecule has 0 atom stereocenters. The molecule has 1 N–H and O–H groups in total. The van der Waals surface area contributed by atoms with E-state index in [2.05, 4.69) is 17.4 Å². The van der Waals surface area contributed by atoms with Crippen molar-refractivity contribution in [3.63, 3.8) is 0 Å². The van der Waals surface area contributed by atoms with Crippen LogP contribution in [0.15, 0.2) is 22.8 Å². The highest BCUT2D eigenvalue weighted by Crippen LogP contribution is 2.27. The van der Waals surface area contributed by atoms with Gasteiger partial charge in [-0.1, -0.05) is 11.6 Å². The first kappa shape index (κ1) is 15.3. The third-order valence-corrected chi connectivity index (χ3v) is 4.48. The number of likely N-dealkylation sites (N-methyl/N-ethyl adjacent to an activating group) is 1. The fourth-order valence-corrected chi connectivity index (χ4v) is 2.81. The van der Waals surface area contributed by atoms with Crippen molar-refractivity contribution in [2.24, 2.45) is 0 Å². The number of carbonyl (C=O) groups is 1. The summed E-state index contributed by atoms with van der Waals surface area (Å²) in [6.07, 6.45) is 1.93. The number of piperazine rings is 1. The van der Waals surface area contributed by atoms with Crippen LogP contribution in [0.3, 0.4) is 0 Å². The average molecular weight is 322 g/mol. The molecule has 22 heavy (non-hydrogen) atoms. The van der Waals surface area contributed by atoms with Crippen LogP contribution < -0.4 is 5.43 Å². The third kappa shape index (κ3) is 3.27. The lowest BCUT2D eigenvalue weighted by Crippen LogP contribution is -2.52. The van der Waals surface area contributed by atoms with E-state index in [1.807, 2.05) is 24.1 Å². The van der Waals surface area contributed by atoms with Crippen molar-refractivity contribution >= 4 is 28.5 Å². The molecule has 6 heteroatoms. The highest BCUT2D eigenvalue weighted by atomic mass is 35.5. The van der Waals surface area contributed by atoms with E-state index in [9.17, 15) is 4.79 Å². The summed E-state index contributed by atoms with van der Waals surface area (Å²) in [7, 11) is 2.09. The first-order valence-electron chi connectivity index (χ1n) is 7.42. The number of rotatable bonds is 3. The molecule has 1 fully saturated rings. The second-order valence-corrected chi connectivity index (χ2v) is 6.27. The van der Waals surface area contributed by atoms with Crippen molar-refractivity contribution in [3.8, 4) is 0 Å². The molecule has 5 nitrogen and oxygen atoms in total. The summed E-state index contributed by atoms with van der Waals surface area (Å²) >= 11 is 6.17. The van der Waals surface area contributed by atoms with E-state index in [0.29, 0.717) is 11.4 Å². The van der Waals surface area contributed by atoms with Gasteiger partial charge in [-0.05, 0) is 31.7 Å². The average Bonchev–Trinajstić information content (AvgIpc) is 2.84. The fourth-order valence-electron chi connectivity index (χ4n) is 2.65. The SMILES string of the molecule is Cc1cc2occ(CC(=O)NN3CCN(C)CC3)c2cc1Cl. The molecule has 1 saturated heterocycles. The Morgan fingerprint density at radius 3 is 2.77 bits per heavy atom. The van der Waals surface area contributed by atoms with Gasteiger partial charge in [0.1, 0.15) is 5.58 Å². The molecule has 2 aromatic rings. The second-order valence-electron chi connectivity index (χ2n) is 5.86. The summed E-state index contributed by atoms with van der Waals surface area (Å²) in [6.45, 7) is 5.55. The normalized spacial score (nSPS) is 17.0. The standard InChI is InChI=1S/C16H20ClN3O2/c1-11-7-15-13(9-14(11)17)12(10-22-15)8-16(21)18-20-5-3-19(2)4-6-20/h7,9-10H,3-6,8H2,1-2H3,(H,18,21). The molecule has 0 radical (unpaired) electrons. The molecule has 0 aliphatic carbocycles. The second kappa shape index (κ2) is 6.28. The van der Waals surface area contributed by atoms with Crippen molar-refractivity contribution in [2.75, 3.05) is 33.2 Å². The Balaban J connectivity index is 1.68. The number of carbonyl (C=O) groups excluding carboxylic acids is 1. The van der Waals surface area contributed by atoms with Crippen molar-refractivity contribution < 1.29 is 9.21 Å². The van der Waals surface area contributed by atoms with Crippen molar-refractivity contribution in [2.45, 2.75) is 13.3 Å². The summed E-state index contributed by atoms with van der Waals surface area (Å²) in [5.41, 5.74) is 5.56. The Bertz CT molecular complexity index is 690. The lowest BCUT2D eigenvalue weighted by molar-refractivity contribution is -0.126. The lowest BCUT2D eigenvalue weighted by atomic mass is 10.1. The zero-order valence-corrected chi connectivity index (χ0v) is 13.6. The molecule has 1 aromatic heterocycles. The first-order chi connectivity index (χ1) is 10.5. The van der Waals surface area contributed by atoms with E-state index in [0.717, 1.165) is 48.3 Å². The highest BCUT2D eigenvalue weighted by Gasteiger charge is 2.17. The number of nitrogens with zero attached hydrogens (tertiary/aromatic N) is 2. The van der Waals surface area contributed by atoms with Crippen LogP contribution in [0, 0.1) is 6.92 Å². The molecular weight excluding hydrogens is 302 g/mol. The van der Waals surface area contributed by atoms with Crippen LogP contribution in [0.2, 0.25) is 5.02 Å².